The van der Waals surface area contributed by atoms with Gasteiger partial charge >= 0.3 is 0 Å². The van der Waals surface area contributed by atoms with E-state index in [4.69, 9.17) is 0 Å². The van der Waals surface area contributed by atoms with Gasteiger partial charge in [0.15, 0.2) is 0 Å². The Balaban J connectivity index is 1.51. The molecule has 7 heteroatoms. The lowest BCUT2D eigenvalue weighted by atomic mass is 9.95. The number of fused-ring (bicyclic) bond motifs is 1. The predicted octanol–water partition coefficient (Wildman–Crippen LogP) is 1.73. The van der Waals surface area contributed by atoms with Gasteiger partial charge in [-0.15, -0.1) is 11.3 Å². The zero-order valence-electron chi connectivity index (χ0n) is 13.9. The molecule has 2 unspecified atom stereocenters. The highest BCUT2D eigenvalue weighted by molar-refractivity contribution is 7.16. The minimum absolute atomic E-state index is 0.0630. The minimum atomic E-state index is 0.0630. The fraction of sp³-hybridized carbons (Fsp3) is 0.588. The molecule has 0 aliphatic carbocycles. The van der Waals surface area contributed by atoms with Crippen LogP contribution in [0.4, 0.5) is 5.82 Å². The molecule has 1 N–H and O–H groups in total. The summed E-state index contributed by atoms with van der Waals surface area (Å²) in [5.74, 6) is 1.32. The number of piperidine rings is 1. The van der Waals surface area contributed by atoms with E-state index in [1.165, 1.54) is 0 Å². The van der Waals surface area contributed by atoms with Gasteiger partial charge in [-0.1, -0.05) is 0 Å². The van der Waals surface area contributed by atoms with Gasteiger partial charge in [0.2, 0.25) is 5.91 Å². The zero-order chi connectivity index (χ0) is 16.5. The van der Waals surface area contributed by atoms with Crippen molar-refractivity contribution in [1.82, 2.24) is 20.2 Å². The molecule has 0 spiro atoms. The molecule has 24 heavy (non-hydrogen) atoms. The zero-order valence-corrected chi connectivity index (χ0v) is 14.8. The predicted molar refractivity (Wildman–Crippen MR) is 96.4 cm³/mol. The molecule has 2 fully saturated rings. The number of carbonyl (C=O) groups excluding carboxylic acids is 1. The van der Waals surface area contributed by atoms with Crippen molar-refractivity contribution in [3.8, 4) is 0 Å². The van der Waals surface area contributed by atoms with Gasteiger partial charge in [-0.3, -0.25) is 4.79 Å². The van der Waals surface area contributed by atoms with Gasteiger partial charge in [-0.25, -0.2) is 9.97 Å². The second kappa shape index (κ2) is 6.64. The first-order valence-electron chi connectivity index (χ1n) is 8.64. The van der Waals surface area contributed by atoms with E-state index in [2.05, 4.69) is 31.6 Å². The molecule has 2 aliphatic heterocycles. The van der Waals surface area contributed by atoms with Gasteiger partial charge < -0.3 is 15.1 Å². The summed E-state index contributed by atoms with van der Waals surface area (Å²) in [6, 6.07) is 2.42. The average molecular weight is 345 g/mol. The van der Waals surface area contributed by atoms with Crippen LogP contribution in [-0.4, -0.2) is 60.0 Å². The van der Waals surface area contributed by atoms with Crippen LogP contribution in [0, 0.1) is 5.92 Å². The smallest absolute Gasteiger partial charge is 0.227 e. The normalized spacial score (nSPS) is 24.5. The Labute approximate surface area is 145 Å². The van der Waals surface area contributed by atoms with Crippen LogP contribution >= 0.6 is 11.3 Å². The van der Waals surface area contributed by atoms with Crippen LogP contribution in [-0.2, 0) is 4.79 Å². The van der Waals surface area contributed by atoms with Crippen LogP contribution in [0.2, 0.25) is 0 Å². The van der Waals surface area contributed by atoms with Crippen molar-refractivity contribution in [3.63, 3.8) is 0 Å². The Bertz CT molecular complexity index is 727. The van der Waals surface area contributed by atoms with E-state index < -0.39 is 0 Å². The molecule has 2 aliphatic rings. The molecular formula is C17H23N5OS. The van der Waals surface area contributed by atoms with Crippen molar-refractivity contribution in [2.24, 2.45) is 5.92 Å². The van der Waals surface area contributed by atoms with Crippen LogP contribution in [0.3, 0.4) is 0 Å². The third-order valence-electron chi connectivity index (χ3n) is 5.24. The SMILES string of the molecule is CN(C(=O)C1CCCN(c2ncnc3sccc23)C1)C1CCNC1. The molecule has 6 nitrogen and oxygen atoms in total. The first-order valence-corrected chi connectivity index (χ1v) is 9.52. The summed E-state index contributed by atoms with van der Waals surface area (Å²) < 4.78 is 0. The first-order chi connectivity index (χ1) is 11.7. The summed E-state index contributed by atoms with van der Waals surface area (Å²) in [5, 5.41) is 6.50. The fourth-order valence-electron chi connectivity index (χ4n) is 3.84. The molecule has 0 radical (unpaired) electrons. The van der Waals surface area contributed by atoms with E-state index in [1.807, 2.05) is 11.9 Å². The maximum atomic E-state index is 12.9. The molecule has 128 valence electrons. The number of nitrogens with one attached hydrogen (secondary N) is 1. The van der Waals surface area contributed by atoms with E-state index in [1.54, 1.807) is 17.7 Å². The number of nitrogens with zero attached hydrogens (tertiary/aromatic N) is 4. The van der Waals surface area contributed by atoms with Crippen LogP contribution in [0.1, 0.15) is 19.3 Å². The minimum Gasteiger partial charge on any atom is -0.355 e. The highest BCUT2D eigenvalue weighted by Gasteiger charge is 2.32. The molecule has 2 atom stereocenters. The second-order valence-electron chi connectivity index (χ2n) is 6.72. The molecule has 0 saturated carbocycles. The van der Waals surface area contributed by atoms with E-state index in [0.29, 0.717) is 6.04 Å². The third-order valence-corrected chi connectivity index (χ3v) is 6.06. The standard InChI is InChI=1S/C17H23N5OS/c1-21(13-4-6-18-9-13)17(23)12-3-2-7-22(10-12)15-14-5-8-24-16(14)20-11-19-15/h5,8,11-13,18H,2-4,6-7,9-10H2,1H3. The number of carbonyl (C=O) groups is 1. The molecule has 4 heterocycles. The van der Waals surface area contributed by atoms with Gasteiger partial charge in [0.05, 0.1) is 11.3 Å². The summed E-state index contributed by atoms with van der Waals surface area (Å²) in [6.07, 6.45) is 4.69. The number of likely N-dealkylation sites (N-methyl/N-ethyl adjacent to an activating group) is 1. The number of hydrogen-bond acceptors (Lipinski definition) is 6. The average Bonchev–Trinajstić information content (AvgIpc) is 3.31. The van der Waals surface area contributed by atoms with Crippen LogP contribution in [0.15, 0.2) is 17.8 Å². The Hall–Kier alpha value is -1.73. The lowest BCUT2D eigenvalue weighted by Crippen LogP contribution is -2.47. The number of anilines is 1. The van der Waals surface area contributed by atoms with Crippen molar-refractivity contribution in [2.75, 3.05) is 38.1 Å². The van der Waals surface area contributed by atoms with E-state index >= 15 is 0 Å². The summed E-state index contributed by atoms with van der Waals surface area (Å²) in [7, 11) is 1.96. The number of rotatable bonds is 3. The summed E-state index contributed by atoms with van der Waals surface area (Å²) in [6.45, 7) is 3.64. The van der Waals surface area contributed by atoms with Gasteiger partial charge in [0, 0.05) is 32.7 Å². The van der Waals surface area contributed by atoms with E-state index in [9.17, 15) is 4.79 Å². The molecule has 0 aromatic carbocycles. The van der Waals surface area contributed by atoms with Crippen LogP contribution < -0.4 is 10.2 Å². The lowest BCUT2D eigenvalue weighted by Gasteiger charge is -2.36. The molecule has 0 bridgehead atoms. The second-order valence-corrected chi connectivity index (χ2v) is 7.61. The fourth-order valence-corrected chi connectivity index (χ4v) is 4.57. The maximum Gasteiger partial charge on any atom is 0.227 e. The van der Waals surface area contributed by atoms with Crippen LogP contribution in [0.5, 0.6) is 0 Å². The van der Waals surface area contributed by atoms with Gasteiger partial charge in [-0.2, -0.15) is 0 Å². The highest BCUT2D eigenvalue weighted by atomic mass is 32.1. The Morgan fingerprint density at radius 1 is 1.42 bits per heavy atom. The van der Waals surface area contributed by atoms with Gasteiger partial charge in [0.1, 0.15) is 17.0 Å². The quantitative estimate of drug-likeness (QED) is 0.918. The topological polar surface area (TPSA) is 61.4 Å². The molecule has 1 amide bonds. The van der Waals surface area contributed by atoms with Gasteiger partial charge in [0.25, 0.3) is 0 Å². The maximum absolute atomic E-state index is 12.9. The van der Waals surface area contributed by atoms with Crippen LogP contribution in [0.25, 0.3) is 10.2 Å². The Morgan fingerprint density at radius 3 is 3.17 bits per heavy atom. The summed E-state index contributed by atoms with van der Waals surface area (Å²) in [5.41, 5.74) is 0. The van der Waals surface area contributed by atoms with Gasteiger partial charge in [-0.05, 0) is 37.3 Å². The first kappa shape index (κ1) is 15.8. The monoisotopic (exact) mass is 345 g/mol. The Morgan fingerprint density at radius 2 is 2.33 bits per heavy atom. The number of amides is 1. The van der Waals surface area contributed by atoms with Crippen molar-refractivity contribution in [1.29, 1.82) is 0 Å². The molecule has 2 aromatic heterocycles. The van der Waals surface area contributed by atoms with Crippen molar-refractivity contribution < 1.29 is 4.79 Å². The largest absolute Gasteiger partial charge is 0.355 e. The highest BCUT2D eigenvalue weighted by Crippen LogP contribution is 2.30. The van der Waals surface area contributed by atoms with E-state index in [0.717, 1.165) is 61.5 Å². The van der Waals surface area contributed by atoms with E-state index in [-0.39, 0.29) is 11.8 Å². The Kier molecular flexibility index (Phi) is 4.37. The third kappa shape index (κ3) is 2.86. The molecular weight excluding hydrogens is 322 g/mol. The van der Waals surface area contributed by atoms with Crippen molar-refractivity contribution >= 4 is 33.3 Å². The van der Waals surface area contributed by atoms with Crippen molar-refractivity contribution in [3.05, 3.63) is 17.8 Å². The molecule has 2 saturated heterocycles. The number of hydrogen-bond donors (Lipinski definition) is 1. The molecule has 2 aromatic rings. The summed E-state index contributed by atoms with van der Waals surface area (Å²) in [4.78, 5) is 27.0. The molecule has 4 rings (SSSR count). The van der Waals surface area contributed by atoms with Crippen molar-refractivity contribution in [2.45, 2.75) is 25.3 Å². The summed E-state index contributed by atoms with van der Waals surface area (Å²) >= 11 is 1.63. The number of aromatic nitrogens is 2. The lowest BCUT2D eigenvalue weighted by molar-refractivity contribution is -0.136. The number of thiophene rings is 1.